The van der Waals surface area contributed by atoms with Crippen LogP contribution in [0.3, 0.4) is 0 Å². The van der Waals surface area contributed by atoms with E-state index >= 15 is 0 Å². The monoisotopic (exact) mass is 260 g/mol. The van der Waals surface area contributed by atoms with Crippen LogP contribution in [0, 0.1) is 0 Å². The molecule has 0 fully saturated rings. The first-order chi connectivity index (χ1) is 7.97. The molecule has 1 aromatic carbocycles. The van der Waals surface area contributed by atoms with Gasteiger partial charge in [0.05, 0.1) is 6.10 Å². The first-order valence-electron chi connectivity index (χ1n) is 4.95. The largest absolute Gasteiger partial charge is 0.507 e. The van der Waals surface area contributed by atoms with Gasteiger partial charge in [-0.25, -0.2) is 4.79 Å². The van der Waals surface area contributed by atoms with Crippen molar-refractivity contribution in [3.05, 3.63) is 29.3 Å². The highest BCUT2D eigenvalue weighted by Crippen LogP contribution is 2.25. The summed E-state index contributed by atoms with van der Waals surface area (Å²) < 4.78 is 0. The third-order valence-electron chi connectivity index (χ3n) is 2.36. The lowest BCUT2D eigenvalue weighted by Gasteiger charge is -2.17. The molecule has 5 nitrogen and oxygen atoms in total. The minimum Gasteiger partial charge on any atom is -0.507 e. The first kappa shape index (κ1) is 13.8. The third-order valence-corrected chi connectivity index (χ3v) is 2.58. The van der Waals surface area contributed by atoms with E-state index in [1.165, 1.54) is 6.07 Å². The Bertz CT molecular complexity index is 407. The minimum atomic E-state index is -1.30. The molecule has 0 heterocycles. The molecule has 6 heteroatoms. The Morgan fingerprint density at radius 2 is 2.00 bits per heavy atom. The summed E-state index contributed by atoms with van der Waals surface area (Å²) in [7, 11) is 0. The summed E-state index contributed by atoms with van der Waals surface area (Å²) in [6.07, 6.45) is -2.11. The van der Waals surface area contributed by atoms with Gasteiger partial charge in [0.25, 0.3) is 0 Å². The lowest BCUT2D eigenvalue weighted by Crippen LogP contribution is -2.19. The summed E-state index contributed by atoms with van der Waals surface area (Å²) in [4.78, 5) is 10.8. The van der Waals surface area contributed by atoms with Gasteiger partial charge in [-0.15, -0.1) is 11.6 Å². The fraction of sp³-hybridized carbons (Fsp3) is 0.364. The van der Waals surface area contributed by atoms with Gasteiger partial charge in [0.15, 0.2) is 0 Å². The number of aliphatic hydroxyl groups excluding tert-OH is 2. The van der Waals surface area contributed by atoms with Crippen molar-refractivity contribution in [2.45, 2.75) is 18.6 Å². The number of halogens is 1. The normalized spacial score (nSPS) is 14.3. The number of rotatable bonds is 5. The van der Waals surface area contributed by atoms with E-state index in [0.717, 1.165) is 12.1 Å². The third kappa shape index (κ3) is 3.33. The molecule has 0 aliphatic carbocycles. The molecule has 4 N–H and O–H groups in total. The first-order valence-corrected chi connectivity index (χ1v) is 5.49. The Morgan fingerprint density at radius 3 is 2.53 bits per heavy atom. The molecule has 2 atom stereocenters. The summed E-state index contributed by atoms with van der Waals surface area (Å²) in [6.45, 7) is 0. The van der Waals surface area contributed by atoms with Gasteiger partial charge in [-0.05, 0) is 24.1 Å². The van der Waals surface area contributed by atoms with Crippen molar-refractivity contribution in [3.63, 3.8) is 0 Å². The second-order valence-corrected chi connectivity index (χ2v) is 3.95. The number of benzene rings is 1. The van der Waals surface area contributed by atoms with Gasteiger partial charge in [0, 0.05) is 5.88 Å². The molecule has 17 heavy (non-hydrogen) atoms. The molecular weight excluding hydrogens is 248 g/mol. The van der Waals surface area contributed by atoms with Crippen LogP contribution in [0.1, 0.15) is 28.4 Å². The van der Waals surface area contributed by atoms with Gasteiger partial charge < -0.3 is 20.4 Å². The average molecular weight is 261 g/mol. The van der Waals surface area contributed by atoms with E-state index in [9.17, 15) is 20.1 Å². The van der Waals surface area contributed by atoms with Gasteiger partial charge in [-0.2, -0.15) is 0 Å². The summed E-state index contributed by atoms with van der Waals surface area (Å²) in [5.74, 6) is -1.51. The maximum absolute atomic E-state index is 10.8. The van der Waals surface area contributed by atoms with Crippen LogP contribution >= 0.6 is 11.6 Å². The molecule has 0 spiro atoms. The molecule has 0 aliphatic heterocycles. The van der Waals surface area contributed by atoms with Crippen LogP contribution in [0.4, 0.5) is 0 Å². The van der Waals surface area contributed by atoms with Crippen LogP contribution < -0.4 is 0 Å². The SMILES string of the molecule is O=C(O)c1cc(C(O)C(O)CCCl)ccc1O. The second-order valence-electron chi connectivity index (χ2n) is 3.57. The molecule has 1 rings (SSSR count). The number of carbonyl (C=O) groups is 1. The molecule has 0 saturated heterocycles. The van der Waals surface area contributed by atoms with E-state index in [4.69, 9.17) is 16.7 Å². The Morgan fingerprint density at radius 1 is 1.35 bits per heavy atom. The number of carboxylic acids is 1. The van der Waals surface area contributed by atoms with Crippen molar-refractivity contribution in [3.8, 4) is 5.75 Å². The zero-order valence-corrected chi connectivity index (χ0v) is 9.63. The second kappa shape index (κ2) is 5.86. The Kier molecular flexibility index (Phi) is 4.74. The quantitative estimate of drug-likeness (QED) is 0.595. The fourth-order valence-electron chi connectivity index (χ4n) is 1.40. The number of carboxylic acid groups (broad SMARTS) is 1. The number of aromatic hydroxyl groups is 1. The van der Waals surface area contributed by atoms with Crippen molar-refractivity contribution >= 4 is 17.6 Å². The summed E-state index contributed by atoms with van der Waals surface area (Å²) >= 11 is 5.43. The highest BCUT2D eigenvalue weighted by molar-refractivity contribution is 6.17. The predicted molar refractivity (Wildman–Crippen MR) is 61.4 cm³/mol. The van der Waals surface area contributed by atoms with Crippen LogP contribution in [0.15, 0.2) is 18.2 Å². The standard InChI is InChI=1S/C11H13ClO5/c12-4-3-9(14)10(15)6-1-2-8(13)7(5-6)11(16)17/h1-2,5,9-10,13-15H,3-4H2,(H,16,17). The maximum atomic E-state index is 10.8. The van der Waals surface area contributed by atoms with Crippen LogP contribution in [0.2, 0.25) is 0 Å². The Labute approximate surface area is 103 Å². The molecular formula is C11H13ClO5. The van der Waals surface area contributed by atoms with Crippen molar-refractivity contribution in [2.75, 3.05) is 5.88 Å². The lowest BCUT2D eigenvalue weighted by atomic mass is 10.00. The Balaban J connectivity index is 2.99. The summed E-state index contributed by atoms with van der Waals surface area (Å²) in [6, 6.07) is 3.64. The van der Waals surface area contributed by atoms with E-state index in [1.54, 1.807) is 0 Å². The van der Waals surface area contributed by atoms with E-state index in [1.807, 2.05) is 0 Å². The van der Waals surface area contributed by atoms with Gasteiger partial charge in [0.2, 0.25) is 0 Å². The number of hydrogen-bond acceptors (Lipinski definition) is 4. The zero-order valence-electron chi connectivity index (χ0n) is 8.88. The average Bonchev–Trinajstić information content (AvgIpc) is 2.28. The van der Waals surface area contributed by atoms with E-state index < -0.39 is 18.2 Å². The fourth-order valence-corrected chi connectivity index (χ4v) is 1.62. The van der Waals surface area contributed by atoms with Crippen molar-refractivity contribution in [2.24, 2.45) is 0 Å². The highest BCUT2D eigenvalue weighted by Gasteiger charge is 2.20. The molecule has 0 aliphatic rings. The van der Waals surface area contributed by atoms with E-state index in [2.05, 4.69) is 0 Å². The van der Waals surface area contributed by atoms with Gasteiger partial charge in [-0.1, -0.05) is 6.07 Å². The molecule has 0 saturated carbocycles. The number of aromatic carboxylic acids is 1. The lowest BCUT2D eigenvalue weighted by molar-refractivity contribution is 0.0169. The molecule has 94 valence electrons. The smallest absolute Gasteiger partial charge is 0.339 e. The van der Waals surface area contributed by atoms with E-state index in [-0.39, 0.29) is 29.2 Å². The number of alkyl halides is 1. The summed E-state index contributed by atoms with van der Waals surface area (Å²) in [5.41, 5.74) is -0.0996. The molecule has 2 unspecified atom stereocenters. The molecule has 0 amide bonds. The molecule has 1 aromatic rings. The molecule has 0 aromatic heterocycles. The van der Waals surface area contributed by atoms with Crippen molar-refractivity contribution < 1.29 is 25.2 Å². The Hall–Kier alpha value is -1.30. The van der Waals surface area contributed by atoms with E-state index in [0.29, 0.717) is 0 Å². The van der Waals surface area contributed by atoms with Gasteiger partial charge >= 0.3 is 5.97 Å². The van der Waals surface area contributed by atoms with Crippen LogP contribution in [0.25, 0.3) is 0 Å². The number of aliphatic hydroxyl groups is 2. The van der Waals surface area contributed by atoms with Crippen molar-refractivity contribution in [1.82, 2.24) is 0 Å². The van der Waals surface area contributed by atoms with Crippen molar-refractivity contribution in [1.29, 1.82) is 0 Å². The van der Waals surface area contributed by atoms with Crippen LogP contribution in [-0.2, 0) is 0 Å². The zero-order chi connectivity index (χ0) is 13.0. The predicted octanol–water partition coefficient (Wildman–Crippen LogP) is 1.11. The van der Waals surface area contributed by atoms with Gasteiger partial charge in [-0.3, -0.25) is 0 Å². The molecule has 0 radical (unpaired) electrons. The highest BCUT2D eigenvalue weighted by atomic mass is 35.5. The minimum absolute atomic E-state index is 0.183. The number of phenols is 1. The number of hydrogen-bond donors (Lipinski definition) is 4. The topological polar surface area (TPSA) is 98.0 Å². The molecule has 0 bridgehead atoms. The van der Waals surface area contributed by atoms with Crippen LogP contribution in [-0.4, -0.2) is 38.4 Å². The summed E-state index contributed by atoms with van der Waals surface area (Å²) in [5, 5.41) is 37.3. The van der Waals surface area contributed by atoms with Gasteiger partial charge in [0.1, 0.15) is 17.4 Å². The maximum Gasteiger partial charge on any atom is 0.339 e. The van der Waals surface area contributed by atoms with Crippen LogP contribution in [0.5, 0.6) is 5.75 Å².